The number of benzene rings is 1. The standard InChI is InChI=1S/C11H13NO/c12-6-5-10-8-13-7-9-3-1-2-4-11(9)10/h1-5H,6-8,12H2/b10-5-. The normalized spacial score (nSPS) is 18.7. The number of fused-ring (bicyclic) bond motifs is 1. The van der Waals surface area contributed by atoms with E-state index >= 15 is 0 Å². The maximum atomic E-state index is 5.48. The van der Waals surface area contributed by atoms with Crippen LogP contribution in [0.1, 0.15) is 11.1 Å². The topological polar surface area (TPSA) is 35.2 Å². The first-order chi connectivity index (χ1) is 6.42. The van der Waals surface area contributed by atoms with E-state index in [1.54, 1.807) is 0 Å². The molecule has 0 spiro atoms. The highest BCUT2D eigenvalue weighted by Gasteiger charge is 2.12. The fourth-order valence-electron chi connectivity index (χ4n) is 1.62. The van der Waals surface area contributed by atoms with Crippen molar-refractivity contribution in [2.45, 2.75) is 6.61 Å². The van der Waals surface area contributed by atoms with Crippen molar-refractivity contribution < 1.29 is 4.74 Å². The second-order valence-electron chi connectivity index (χ2n) is 3.12. The monoisotopic (exact) mass is 175 g/mol. The van der Waals surface area contributed by atoms with E-state index < -0.39 is 0 Å². The van der Waals surface area contributed by atoms with Gasteiger partial charge in [0.25, 0.3) is 0 Å². The van der Waals surface area contributed by atoms with Crippen LogP contribution in [0.4, 0.5) is 0 Å². The van der Waals surface area contributed by atoms with Gasteiger partial charge in [-0.15, -0.1) is 0 Å². The van der Waals surface area contributed by atoms with Crippen molar-refractivity contribution in [1.82, 2.24) is 0 Å². The Morgan fingerprint density at radius 1 is 1.31 bits per heavy atom. The Labute approximate surface area is 78.0 Å². The molecule has 1 aromatic rings. The van der Waals surface area contributed by atoms with E-state index in [2.05, 4.69) is 18.2 Å². The molecule has 0 atom stereocenters. The summed E-state index contributed by atoms with van der Waals surface area (Å²) in [5, 5.41) is 0. The SMILES string of the molecule is NC/C=C1/COCc2ccccc21. The first-order valence-corrected chi connectivity index (χ1v) is 4.47. The second-order valence-corrected chi connectivity index (χ2v) is 3.12. The highest BCUT2D eigenvalue weighted by molar-refractivity contribution is 5.70. The number of rotatable bonds is 1. The second kappa shape index (κ2) is 3.73. The van der Waals surface area contributed by atoms with E-state index in [1.165, 1.54) is 16.7 Å². The van der Waals surface area contributed by atoms with Gasteiger partial charge in [0.05, 0.1) is 13.2 Å². The Bertz CT molecular complexity index is 331. The van der Waals surface area contributed by atoms with Crippen LogP contribution in [0.5, 0.6) is 0 Å². The van der Waals surface area contributed by atoms with Crippen molar-refractivity contribution in [1.29, 1.82) is 0 Å². The summed E-state index contributed by atoms with van der Waals surface area (Å²) in [7, 11) is 0. The van der Waals surface area contributed by atoms with Crippen molar-refractivity contribution in [3.63, 3.8) is 0 Å². The molecule has 1 aliphatic heterocycles. The van der Waals surface area contributed by atoms with E-state index in [0.717, 1.165) is 6.61 Å². The molecule has 1 aliphatic rings. The summed E-state index contributed by atoms with van der Waals surface area (Å²) in [6.07, 6.45) is 2.03. The molecular weight excluding hydrogens is 162 g/mol. The summed E-state index contributed by atoms with van der Waals surface area (Å²) in [6, 6.07) is 8.31. The van der Waals surface area contributed by atoms with Crippen LogP contribution in [-0.4, -0.2) is 13.2 Å². The number of nitrogens with two attached hydrogens (primary N) is 1. The molecule has 0 saturated carbocycles. The molecule has 1 aromatic carbocycles. The summed E-state index contributed by atoms with van der Waals surface area (Å²) in [4.78, 5) is 0. The Kier molecular flexibility index (Phi) is 2.43. The molecule has 0 unspecified atom stereocenters. The highest BCUT2D eigenvalue weighted by atomic mass is 16.5. The minimum absolute atomic E-state index is 0.576. The average molecular weight is 175 g/mol. The fraction of sp³-hybridized carbons (Fsp3) is 0.273. The molecule has 2 heteroatoms. The molecule has 0 aromatic heterocycles. The van der Waals surface area contributed by atoms with Gasteiger partial charge in [0.15, 0.2) is 0 Å². The highest BCUT2D eigenvalue weighted by Crippen LogP contribution is 2.24. The molecule has 0 saturated heterocycles. The summed E-state index contributed by atoms with van der Waals surface area (Å²) in [5.74, 6) is 0. The van der Waals surface area contributed by atoms with Crippen LogP contribution in [0.3, 0.4) is 0 Å². The minimum Gasteiger partial charge on any atom is -0.372 e. The first-order valence-electron chi connectivity index (χ1n) is 4.47. The lowest BCUT2D eigenvalue weighted by Crippen LogP contribution is -2.10. The predicted molar refractivity (Wildman–Crippen MR) is 53.1 cm³/mol. The summed E-state index contributed by atoms with van der Waals surface area (Å²) in [6.45, 7) is 1.99. The maximum Gasteiger partial charge on any atom is 0.0727 e. The van der Waals surface area contributed by atoms with Gasteiger partial charge in [-0.05, 0) is 16.7 Å². The van der Waals surface area contributed by atoms with Crippen LogP contribution in [0.25, 0.3) is 5.57 Å². The van der Waals surface area contributed by atoms with Gasteiger partial charge < -0.3 is 10.5 Å². The third-order valence-electron chi connectivity index (χ3n) is 2.24. The summed E-state index contributed by atoms with van der Waals surface area (Å²) < 4.78 is 5.44. The third kappa shape index (κ3) is 1.64. The van der Waals surface area contributed by atoms with Crippen LogP contribution in [0.15, 0.2) is 30.3 Å². The van der Waals surface area contributed by atoms with Gasteiger partial charge in [-0.1, -0.05) is 30.3 Å². The molecule has 1 heterocycles. The molecule has 2 rings (SSSR count). The maximum absolute atomic E-state index is 5.48. The van der Waals surface area contributed by atoms with Crippen molar-refractivity contribution in [2.75, 3.05) is 13.2 Å². The van der Waals surface area contributed by atoms with E-state index in [4.69, 9.17) is 10.5 Å². The molecule has 2 N–H and O–H groups in total. The van der Waals surface area contributed by atoms with Crippen LogP contribution >= 0.6 is 0 Å². The molecule has 0 amide bonds. The van der Waals surface area contributed by atoms with Gasteiger partial charge >= 0.3 is 0 Å². The fourth-order valence-corrected chi connectivity index (χ4v) is 1.62. The van der Waals surface area contributed by atoms with Crippen molar-refractivity contribution >= 4 is 5.57 Å². The van der Waals surface area contributed by atoms with Gasteiger partial charge in [0.2, 0.25) is 0 Å². The quantitative estimate of drug-likeness (QED) is 0.703. The van der Waals surface area contributed by atoms with E-state index in [0.29, 0.717) is 13.2 Å². The van der Waals surface area contributed by atoms with Crippen LogP contribution < -0.4 is 5.73 Å². The molecule has 68 valence electrons. The third-order valence-corrected chi connectivity index (χ3v) is 2.24. The molecular formula is C11H13NO. The largest absolute Gasteiger partial charge is 0.372 e. The zero-order chi connectivity index (χ0) is 9.10. The van der Waals surface area contributed by atoms with Gasteiger partial charge in [-0.2, -0.15) is 0 Å². The summed E-state index contributed by atoms with van der Waals surface area (Å²) >= 11 is 0. The Hall–Kier alpha value is -1.12. The van der Waals surface area contributed by atoms with E-state index in [-0.39, 0.29) is 0 Å². The van der Waals surface area contributed by atoms with Crippen LogP contribution in [-0.2, 0) is 11.3 Å². The molecule has 2 nitrogen and oxygen atoms in total. The Balaban J connectivity index is 2.42. The van der Waals surface area contributed by atoms with E-state index in [9.17, 15) is 0 Å². The first kappa shape index (κ1) is 8.48. The zero-order valence-corrected chi connectivity index (χ0v) is 7.49. The Morgan fingerprint density at radius 2 is 2.15 bits per heavy atom. The molecule has 13 heavy (non-hydrogen) atoms. The lowest BCUT2D eigenvalue weighted by atomic mass is 9.98. The number of hydrogen-bond acceptors (Lipinski definition) is 2. The lowest BCUT2D eigenvalue weighted by Gasteiger charge is -2.19. The zero-order valence-electron chi connectivity index (χ0n) is 7.49. The summed E-state index contributed by atoms with van der Waals surface area (Å²) in [5.41, 5.74) is 9.25. The minimum atomic E-state index is 0.576. The lowest BCUT2D eigenvalue weighted by molar-refractivity contribution is 0.146. The predicted octanol–water partition coefficient (Wildman–Crippen LogP) is 1.56. The van der Waals surface area contributed by atoms with Crippen molar-refractivity contribution in [3.8, 4) is 0 Å². The number of ether oxygens (including phenoxy) is 1. The van der Waals surface area contributed by atoms with Gasteiger partial charge in [0.1, 0.15) is 0 Å². The molecule has 0 bridgehead atoms. The van der Waals surface area contributed by atoms with Crippen LogP contribution in [0, 0.1) is 0 Å². The molecule has 0 aliphatic carbocycles. The van der Waals surface area contributed by atoms with Crippen molar-refractivity contribution in [3.05, 3.63) is 41.5 Å². The molecule has 0 radical (unpaired) electrons. The van der Waals surface area contributed by atoms with Gasteiger partial charge in [0, 0.05) is 6.54 Å². The average Bonchev–Trinajstić information content (AvgIpc) is 2.19. The smallest absolute Gasteiger partial charge is 0.0727 e. The van der Waals surface area contributed by atoms with Crippen LogP contribution in [0.2, 0.25) is 0 Å². The molecule has 0 fully saturated rings. The van der Waals surface area contributed by atoms with Gasteiger partial charge in [-0.25, -0.2) is 0 Å². The van der Waals surface area contributed by atoms with Gasteiger partial charge in [-0.3, -0.25) is 0 Å². The van der Waals surface area contributed by atoms with Crippen molar-refractivity contribution in [2.24, 2.45) is 5.73 Å². The number of hydrogen-bond donors (Lipinski definition) is 1. The Morgan fingerprint density at radius 3 is 3.00 bits per heavy atom. The van der Waals surface area contributed by atoms with E-state index in [1.807, 2.05) is 12.1 Å².